The maximum absolute atomic E-state index is 12.5. The minimum Gasteiger partial charge on any atom is -0.378 e. The van der Waals surface area contributed by atoms with Gasteiger partial charge in [0.1, 0.15) is 0 Å². The highest BCUT2D eigenvalue weighted by atomic mass is 16.5. The highest BCUT2D eigenvalue weighted by Gasteiger charge is 2.59. The van der Waals surface area contributed by atoms with Crippen molar-refractivity contribution in [3.8, 4) is 0 Å². The van der Waals surface area contributed by atoms with Crippen LogP contribution in [0.1, 0.15) is 62.7 Å². The number of aryl methyl sites for hydroxylation is 1. The highest BCUT2D eigenvalue weighted by molar-refractivity contribution is 5.75. The van der Waals surface area contributed by atoms with Crippen LogP contribution >= 0.6 is 0 Å². The highest BCUT2D eigenvalue weighted by Crippen LogP contribution is 2.57. The molecule has 2 saturated carbocycles. The van der Waals surface area contributed by atoms with Gasteiger partial charge in [-0.1, -0.05) is 6.42 Å². The van der Waals surface area contributed by atoms with Gasteiger partial charge in [-0.25, -0.2) is 4.79 Å². The molecule has 3 aliphatic rings. The topological polar surface area (TPSA) is 68.2 Å². The van der Waals surface area contributed by atoms with Crippen LogP contribution in [0.2, 0.25) is 0 Å². The van der Waals surface area contributed by atoms with Crippen LogP contribution in [-0.4, -0.2) is 34.6 Å². The molecular formula is C18H28N4O2. The van der Waals surface area contributed by atoms with E-state index in [2.05, 4.69) is 15.7 Å². The van der Waals surface area contributed by atoms with Gasteiger partial charge in [-0.2, -0.15) is 5.10 Å². The first-order valence-electron chi connectivity index (χ1n) is 9.33. The van der Waals surface area contributed by atoms with Crippen LogP contribution in [0.5, 0.6) is 0 Å². The number of amides is 2. The first-order valence-corrected chi connectivity index (χ1v) is 9.33. The lowest BCUT2D eigenvalue weighted by Crippen LogP contribution is -2.68. The lowest BCUT2D eigenvalue weighted by atomic mass is 9.51. The number of hydrogen-bond donors (Lipinski definition) is 2. The summed E-state index contributed by atoms with van der Waals surface area (Å²) in [5.41, 5.74) is 2.64. The van der Waals surface area contributed by atoms with Crippen LogP contribution in [-0.2, 0) is 18.2 Å². The zero-order valence-corrected chi connectivity index (χ0v) is 14.7. The Labute approximate surface area is 143 Å². The first kappa shape index (κ1) is 15.9. The third-order valence-corrected chi connectivity index (χ3v) is 6.42. The molecule has 132 valence electrons. The van der Waals surface area contributed by atoms with E-state index in [1.165, 1.54) is 30.5 Å². The SMILES string of the molecule is CCO[C@@H]1C[C@@H](NC(=O)N[C@H]2CCCc3c2cnn3C)C12CCC2. The number of hydrogen-bond acceptors (Lipinski definition) is 3. The lowest BCUT2D eigenvalue weighted by molar-refractivity contribution is -0.169. The van der Waals surface area contributed by atoms with Crippen LogP contribution in [0, 0.1) is 5.41 Å². The fourth-order valence-electron chi connectivity index (χ4n) is 4.85. The molecule has 0 unspecified atom stereocenters. The van der Waals surface area contributed by atoms with E-state index in [4.69, 9.17) is 4.74 Å². The Morgan fingerprint density at radius 2 is 2.25 bits per heavy atom. The number of urea groups is 1. The summed E-state index contributed by atoms with van der Waals surface area (Å²) in [5, 5.41) is 10.7. The van der Waals surface area contributed by atoms with Gasteiger partial charge < -0.3 is 15.4 Å². The molecule has 1 aromatic rings. The molecule has 6 heteroatoms. The molecule has 0 aromatic carbocycles. The molecule has 6 nitrogen and oxygen atoms in total. The van der Waals surface area contributed by atoms with Gasteiger partial charge in [0.2, 0.25) is 0 Å². The summed E-state index contributed by atoms with van der Waals surface area (Å²) in [7, 11) is 1.98. The number of nitrogens with one attached hydrogen (secondary N) is 2. The van der Waals surface area contributed by atoms with Crippen LogP contribution in [0.15, 0.2) is 6.20 Å². The summed E-state index contributed by atoms with van der Waals surface area (Å²) in [6.07, 6.45) is 9.93. The molecule has 0 bridgehead atoms. The summed E-state index contributed by atoms with van der Waals surface area (Å²) >= 11 is 0. The standard InChI is InChI=1S/C18H28N4O2/c1-3-24-16-10-15(18(16)8-5-9-18)21-17(23)20-13-6-4-7-14-12(13)11-19-22(14)2/h11,13,15-16H,3-10H2,1-2H3,(H2,20,21,23)/t13-,15+,16+/m0/s1. The smallest absolute Gasteiger partial charge is 0.315 e. The van der Waals surface area contributed by atoms with Crippen molar-refractivity contribution in [1.82, 2.24) is 20.4 Å². The van der Waals surface area contributed by atoms with Gasteiger partial charge in [-0.05, 0) is 45.4 Å². The molecule has 4 rings (SSSR count). The molecule has 2 fully saturated rings. The van der Waals surface area contributed by atoms with Gasteiger partial charge in [-0.3, -0.25) is 4.68 Å². The molecule has 2 N–H and O–H groups in total. The van der Waals surface area contributed by atoms with Gasteiger partial charge >= 0.3 is 6.03 Å². The zero-order valence-electron chi connectivity index (χ0n) is 14.7. The number of aromatic nitrogens is 2. The van der Waals surface area contributed by atoms with Gasteiger partial charge in [0.05, 0.1) is 18.3 Å². The number of carbonyl (C=O) groups excluding carboxylic acids is 1. The maximum atomic E-state index is 12.5. The molecule has 0 saturated heterocycles. The normalized spacial score (nSPS) is 30.2. The Bertz CT molecular complexity index is 623. The minimum absolute atomic E-state index is 0.0390. The molecule has 3 aliphatic carbocycles. The quantitative estimate of drug-likeness (QED) is 0.890. The molecule has 1 heterocycles. The Balaban J connectivity index is 1.37. The summed E-state index contributed by atoms with van der Waals surface area (Å²) in [4.78, 5) is 12.5. The third kappa shape index (κ3) is 2.42. The third-order valence-electron chi connectivity index (χ3n) is 6.42. The molecule has 1 spiro atoms. The Morgan fingerprint density at radius 3 is 2.96 bits per heavy atom. The monoisotopic (exact) mass is 332 g/mol. The summed E-state index contributed by atoms with van der Waals surface area (Å²) in [6.45, 7) is 2.81. The predicted octanol–water partition coefficient (Wildman–Crippen LogP) is 2.44. The van der Waals surface area contributed by atoms with Crippen molar-refractivity contribution < 1.29 is 9.53 Å². The number of carbonyl (C=O) groups is 1. The molecule has 3 atom stereocenters. The average Bonchev–Trinajstić information content (AvgIpc) is 2.87. The number of ether oxygens (including phenoxy) is 1. The molecular weight excluding hydrogens is 304 g/mol. The van der Waals surface area contributed by atoms with Crippen molar-refractivity contribution in [3.05, 3.63) is 17.5 Å². The molecule has 24 heavy (non-hydrogen) atoms. The average molecular weight is 332 g/mol. The largest absolute Gasteiger partial charge is 0.378 e. The van der Waals surface area contributed by atoms with E-state index in [0.717, 1.165) is 32.3 Å². The summed E-state index contributed by atoms with van der Waals surface area (Å²) < 4.78 is 7.80. The van der Waals surface area contributed by atoms with E-state index in [1.54, 1.807) is 0 Å². The van der Waals surface area contributed by atoms with Gasteiger partial charge in [0.15, 0.2) is 0 Å². The van der Waals surface area contributed by atoms with Crippen LogP contribution in [0.25, 0.3) is 0 Å². The minimum atomic E-state index is -0.0390. The fraction of sp³-hybridized carbons (Fsp3) is 0.778. The van der Waals surface area contributed by atoms with Crippen LogP contribution < -0.4 is 10.6 Å². The Morgan fingerprint density at radius 1 is 1.42 bits per heavy atom. The Hall–Kier alpha value is -1.56. The summed E-state index contributed by atoms with van der Waals surface area (Å²) in [5.74, 6) is 0. The van der Waals surface area contributed by atoms with Crippen molar-refractivity contribution in [1.29, 1.82) is 0 Å². The van der Waals surface area contributed by atoms with E-state index < -0.39 is 0 Å². The zero-order chi connectivity index (χ0) is 16.7. The number of rotatable bonds is 4. The van der Waals surface area contributed by atoms with E-state index >= 15 is 0 Å². The van der Waals surface area contributed by atoms with Gasteiger partial charge in [0.25, 0.3) is 0 Å². The second-order valence-corrected chi connectivity index (χ2v) is 7.55. The van der Waals surface area contributed by atoms with Crippen LogP contribution in [0.3, 0.4) is 0 Å². The van der Waals surface area contributed by atoms with Crippen molar-refractivity contribution in [2.24, 2.45) is 12.5 Å². The van der Waals surface area contributed by atoms with Crippen molar-refractivity contribution in [2.75, 3.05) is 6.61 Å². The second kappa shape index (κ2) is 6.06. The predicted molar refractivity (Wildman–Crippen MR) is 90.7 cm³/mol. The van der Waals surface area contributed by atoms with Gasteiger partial charge in [-0.15, -0.1) is 0 Å². The second-order valence-electron chi connectivity index (χ2n) is 7.55. The molecule has 1 aromatic heterocycles. The molecule has 0 aliphatic heterocycles. The fourth-order valence-corrected chi connectivity index (χ4v) is 4.85. The van der Waals surface area contributed by atoms with E-state index in [0.29, 0.717) is 6.10 Å². The number of fused-ring (bicyclic) bond motifs is 1. The van der Waals surface area contributed by atoms with Crippen molar-refractivity contribution in [3.63, 3.8) is 0 Å². The van der Waals surface area contributed by atoms with Gasteiger partial charge in [0, 0.05) is 36.4 Å². The Kier molecular flexibility index (Phi) is 4.03. The van der Waals surface area contributed by atoms with Crippen LogP contribution in [0.4, 0.5) is 4.79 Å². The van der Waals surface area contributed by atoms with Crippen molar-refractivity contribution in [2.45, 2.75) is 70.1 Å². The summed E-state index contributed by atoms with van der Waals surface area (Å²) in [6, 6.07) is 0.310. The maximum Gasteiger partial charge on any atom is 0.315 e. The van der Waals surface area contributed by atoms with E-state index in [9.17, 15) is 4.79 Å². The number of nitrogens with zero attached hydrogens (tertiary/aromatic N) is 2. The molecule has 0 radical (unpaired) electrons. The van der Waals surface area contributed by atoms with Crippen molar-refractivity contribution >= 4 is 6.03 Å². The first-order chi connectivity index (χ1) is 11.6. The van der Waals surface area contributed by atoms with E-state index in [-0.39, 0.29) is 23.5 Å². The lowest BCUT2D eigenvalue weighted by Gasteiger charge is -2.60. The van der Waals surface area contributed by atoms with E-state index in [1.807, 2.05) is 24.9 Å². The molecule has 2 amide bonds.